The van der Waals surface area contributed by atoms with E-state index < -0.39 is 11.7 Å². The van der Waals surface area contributed by atoms with E-state index in [1.807, 2.05) is 6.92 Å². The number of halogens is 3. The Hall–Kier alpha value is -2.18. The Kier molecular flexibility index (Phi) is 3.87. The fourth-order valence-electron chi connectivity index (χ4n) is 1.81. The van der Waals surface area contributed by atoms with Crippen LogP contribution in [-0.4, -0.2) is 11.5 Å². The van der Waals surface area contributed by atoms with Crippen molar-refractivity contribution < 1.29 is 17.6 Å². The van der Waals surface area contributed by atoms with Crippen molar-refractivity contribution in [1.82, 2.24) is 4.98 Å². The molecule has 0 unspecified atom stereocenters. The van der Waals surface area contributed by atoms with Crippen molar-refractivity contribution in [2.45, 2.75) is 19.6 Å². The third-order valence-electron chi connectivity index (χ3n) is 2.79. The maximum Gasteiger partial charge on any atom is 0.416 e. The lowest BCUT2D eigenvalue weighted by molar-refractivity contribution is -0.137. The number of hydrogen-bond donors (Lipinski definition) is 1. The summed E-state index contributed by atoms with van der Waals surface area (Å²) in [6.07, 6.45) is -2.94. The monoisotopic (exact) mass is 285 g/mol. The third-order valence-corrected chi connectivity index (χ3v) is 2.79. The Morgan fingerprint density at radius 1 is 1.35 bits per heavy atom. The van der Waals surface area contributed by atoms with Gasteiger partial charge in [0.1, 0.15) is 17.4 Å². The van der Waals surface area contributed by atoms with Gasteiger partial charge in [0.2, 0.25) is 0 Å². The van der Waals surface area contributed by atoms with Crippen LogP contribution in [0.4, 0.5) is 24.8 Å². The van der Waals surface area contributed by atoms with Crippen LogP contribution < -0.4 is 10.6 Å². The number of nitrogens with zero attached hydrogens (tertiary/aromatic N) is 2. The molecule has 4 nitrogen and oxygen atoms in total. The van der Waals surface area contributed by atoms with E-state index in [0.29, 0.717) is 18.8 Å². The van der Waals surface area contributed by atoms with Gasteiger partial charge >= 0.3 is 6.18 Å². The molecule has 0 saturated heterocycles. The molecule has 2 aromatic rings. The van der Waals surface area contributed by atoms with Gasteiger partial charge in [-0.2, -0.15) is 13.2 Å². The first-order valence-electron chi connectivity index (χ1n) is 6.02. The fourth-order valence-corrected chi connectivity index (χ4v) is 1.81. The average molecular weight is 285 g/mol. The smallest absolute Gasteiger partial charge is 0.416 e. The lowest BCUT2D eigenvalue weighted by Gasteiger charge is -2.22. The minimum absolute atomic E-state index is 0.160. The molecule has 0 spiro atoms. The van der Waals surface area contributed by atoms with Crippen molar-refractivity contribution in [3.8, 4) is 0 Å². The van der Waals surface area contributed by atoms with Crippen molar-refractivity contribution in [3.63, 3.8) is 0 Å². The van der Waals surface area contributed by atoms with E-state index in [4.69, 9.17) is 10.2 Å². The zero-order valence-corrected chi connectivity index (χ0v) is 10.8. The molecule has 0 amide bonds. The normalized spacial score (nSPS) is 11.6. The number of alkyl halides is 3. The topological polar surface area (TPSA) is 55.3 Å². The first-order valence-corrected chi connectivity index (χ1v) is 6.02. The summed E-state index contributed by atoms with van der Waals surface area (Å²) in [5, 5.41) is 0. The van der Waals surface area contributed by atoms with E-state index in [0.717, 1.165) is 12.1 Å². The predicted octanol–water partition coefficient (Wildman–Crippen LogP) is 3.30. The van der Waals surface area contributed by atoms with E-state index in [1.54, 1.807) is 17.0 Å². The minimum atomic E-state index is -4.45. The molecule has 0 aliphatic carbocycles. The molecule has 20 heavy (non-hydrogen) atoms. The Morgan fingerprint density at radius 3 is 2.65 bits per heavy atom. The van der Waals surface area contributed by atoms with E-state index in [9.17, 15) is 13.2 Å². The molecular weight excluding hydrogens is 271 g/mol. The lowest BCUT2D eigenvalue weighted by Crippen LogP contribution is -2.24. The molecule has 0 aliphatic rings. The van der Waals surface area contributed by atoms with Crippen molar-refractivity contribution in [3.05, 3.63) is 41.9 Å². The second-order valence-electron chi connectivity index (χ2n) is 4.23. The van der Waals surface area contributed by atoms with E-state index in [-0.39, 0.29) is 11.6 Å². The Bertz CT molecular complexity index is 567. The first kappa shape index (κ1) is 14.2. The van der Waals surface area contributed by atoms with Crippen LogP contribution in [-0.2, 0) is 12.7 Å². The number of pyridine rings is 1. The molecule has 2 heterocycles. The quantitative estimate of drug-likeness (QED) is 0.936. The van der Waals surface area contributed by atoms with Crippen LogP contribution in [0.15, 0.2) is 34.9 Å². The highest BCUT2D eigenvalue weighted by Gasteiger charge is 2.32. The largest absolute Gasteiger partial charge is 0.467 e. The maximum absolute atomic E-state index is 12.8. The van der Waals surface area contributed by atoms with Crippen LogP contribution in [0.1, 0.15) is 18.2 Å². The van der Waals surface area contributed by atoms with Gasteiger partial charge in [-0.05, 0) is 31.2 Å². The summed E-state index contributed by atoms with van der Waals surface area (Å²) in [5.74, 6) is 0.661. The third kappa shape index (κ3) is 3.23. The van der Waals surface area contributed by atoms with Crippen molar-refractivity contribution in [1.29, 1.82) is 0 Å². The van der Waals surface area contributed by atoms with Gasteiger partial charge in [0.25, 0.3) is 0 Å². The molecule has 2 N–H and O–H groups in total. The summed E-state index contributed by atoms with van der Waals surface area (Å²) in [6, 6.07) is 5.28. The Labute approximate surface area is 114 Å². The van der Waals surface area contributed by atoms with Crippen molar-refractivity contribution >= 4 is 11.6 Å². The number of anilines is 2. The van der Waals surface area contributed by atoms with Gasteiger partial charge < -0.3 is 15.1 Å². The molecule has 0 saturated carbocycles. The highest BCUT2D eigenvalue weighted by molar-refractivity contribution is 5.49. The average Bonchev–Trinajstić information content (AvgIpc) is 2.87. The number of nitrogen functional groups attached to an aromatic ring is 1. The number of nitrogens with two attached hydrogens (primary N) is 1. The van der Waals surface area contributed by atoms with Crippen LogP contribution in [0.3, 0.4) is 0 Å². The second kappa shape index (κ2) is 5.44. The van der Waals surface area contributed by atoms with Crippen LogP contribution in [0.5, 0.6) is 0 Å². The number of furan rings is 1. The minimum Gasteiger partial charge on any atom is -0.467 e. The Morgan fingerprint density at radius 2 is 2.10 bits per heavy atom. The van der Waals surface area contributed by atoms with Crippen LogP contribution in [0.25, 0.3) is 0 Å². The number of hydrogen-bond acceptors (Lipinski definition) is 4. The number of rotatable bonds is 4. The summed E-state index contributed by atoms with van der Waals surface area (Å²) < 4.78 is 43.5. The van der Waals surface area contributed by atoms with Crippen LogP contribution in [0, 0.1) is 0 Å². The standard InChI is InChI=1S/C13H14F3N3O/c1-2-19(8-10-4-3-5-20-10)12-7-9(13(14,15)16)6-11(17)18-12/h3-7H,2,8H2,1H3,(H2,17,18). The summed E-state index contributed by atoms with van der Waals surface area (Å²) in [7, 11) is 0. The zero-order valence-electron chi connectivity index (χ0n) is 10.8. The van der Waals surface area contributed by atoms with Gasteiger partial charge in [-0.3, -0.25) is 0 Å². The van der Waals surface area contributed by atoms with E-state index in [2.05, 4.69) is 4.98 Å². The first-order chi connectivity index (χ1) is 9.40. The SMILES string of the molecule is CCN(Cc1ccco1)c1cc(C(F)(F)F)cc(N)n1. The predicted molar refractivity (Wildman–Crippen MR) is 69.1 cm³/mol. The highest BCUT2D eigenvalue weighted by Crippen LogP contribution is 2.32. The molecule has 0 fully saturated rings. The molecule has 2 aromatic heterocycles. The lowest BCUT2D eigenvalue weighted by atomic mass is 10.2. The Balaban J connectivity index is 2.32. The summed E-state index contributed by atoms with van der Waals surface area (Å²) >= 11 is 0. The highest BCUT2D eigenvalue weighted by atomic mass is 19.4. The maximum atomic E-state index is 12.8. The molecule has 0 atom stereocenters. The molecule has 0 aliphatic heterocycles. The van der Waals surface area contributed by atoms with Crippen molar-refractivity contribution in [2.24, 2.45) is 0 Å². The fraction of sp³-hybridized carbons (Fsp3) is 0.308. The molecule has 0 bridgehead atoms. The molecule has 2 rings (SSSR count). The zero-order chi connectivity index (χ0) is 14.8. The van der Waals surface area contributed by atoms with Gasteiger partial charge in [-0.1, -0.05) is 0 Å². The van der Waals surface area contributed by atoms with E-state index >= 15 is 0 Å². The molecule has 0 aromatic carbocycles. The summed E-state index contributed by atoms with van der Waals surface area (Å²) in [6.45, 7) is 2.63. The second-order valence-corrected chi connectivity index (χ2v) is 4.23. The molecule has 7 heteroatoms. The molecule has 108 valence electrons. The van der Waals surface area contributed by atoms with Gasteiger partial charge in [-0.15, -0.1) is 0 Å². The summed E-state index contributed by atoms with van der Waals surface area (Å²) in [4.78, 5) is 5.62. The number of aromatic nitrogens is 1. The molecule has 0 radical (unpaired) electrons. The van der Waals surface area contributed by atoms with E-state index in [1.165, 1.54) is 6.26 Å². The van der Waals surface area contributed by atoms with Gasteiger partial charge in [0, 0.05) is 6.54 Å². The van der Waals surface area contributed by atoms with Crippen molar-refractivity contribution in [2.75, 3.05) is 17.2 Å². The summed E-state index contributed by atoms with van der Waals surface area (Å²) in [5.41, 5.74) is 4.65. The van der Waals surface area contributed by atoms with Crippen LogP contribution in [0.2, 0.25) is 0 Å². The molecular formula is C13H14F3N3O. The van der Waals surface area contributed by atoms with Crippen LogP contribution >= 0.6 is 0 Å². The van der Waals surface area contributed by atoms with Gasteiger partial charge in [0.05, 0.1) is 18.4 Å². The van der Waals surface area contributed by atoms with Gasteiger partial charge in [0.15, 0.2) is 0 Å². The van der Waals surface area contributed by atoms with Gasteiger partial charge in [-0.25, -0.2) is 4.98 Å².